The molecule has 0 unspecified atom stereocenters. The number of rotatable bonds is 5. The third-order valence-electron chi connectivity index (χ3n) is 2.44. The van der Waals surface area contributed by atoms with Crippen molar-refractivity contribution >= 4 is 34.2 Å². The van der Waals surface area contributed by atoms with E-state index in [0.29, 0.717) is 5.56 Å². The third-order valence-corrected chi connectivity index (χ3v) is 3.62. The van der Waals surface area contributed by atoms with Crippen molar-refractivity contribution in [2.24, 2.45) is 0 Å². The molecule has 110 valence electrons. The smallest absolute Gasteiger partial charge is 0.348 e. The Bertz CT molecular complexity index is 536. The Morgan fingerprint density at radius 1 is 1.10 bits per heavy atom. The van der Waals surface area contributed by atoms with E-state index in [4.69, 9.17) is 4.74 Å². The summed E-state index contributed by atoms with van der Waals surface area (Å²) >= 11 is 0.954. The minimum Gasteiger partial charge on any atom is -0.465 e. The highest BCUT2D eigenvalue weighted by Crippen LogP contribution is 2.34. The number of esters is 2. The normalized spacial score (nSPS) is 10.0. The van der Waals surface area contributed by atoms with E-state index in [0.717, 1.165) is 11.3 Å². The molecule has 0 bridgehead atoms. The molecule has 0 fully saturated rings. The van der Waals surface area contributed by atoms with Crippen molar-refractivity contribution in [3.8, 4) is 0 Å². The van der Waals surface area contributed by atoms with Crippen LogP contribution < -0.4 is 5.32 Å². The van der Waals surface area contributed by atoms with Gasteiger partial charge in [0.05, 0.1) is 19.8 Å². The number of hydrogen-bond acceptors (Lipinski definition) is 7. The average Bonchev–Trinajstić information content (AvgIpc) is 2.74. The summed E-state index contributed by atoms with van der Waals surface area (Å²) in [5.41, 5.74) is 0.545. The highest BCUT2D eigenvalue weighted by atomic mass is 32.1. The maximum atomic E-state index is 11.8. The largest absolute Gasteiger partial charge is 0.465 e. The number of nitrogens with one attached hydrogen (secondary N) is 1. The fourth-order valence-corrected chi connectivity index (χ4v) is 2.66. The first kappa shape index (κ1) is 16.1. The molecule has 0 aromatic carbocycles. The Morgan fingerprint density at radius 2 is 1.70 bits per heavy atom. The zero-order valence-corrected chi connectivity index (χ0v) is 12.4. The van der Waals surface area contributed by atoms with Crippen molar-refractivity contribution < 1.29 is 28.6 Å². The summed E-state index contributed by atoms with van der Waals surface area (Å²) in [7, 11) is 3.83. The molecule has 1 heterocycles. The lowest BCUT2D eigenvalue weighted by atomic mass is 10.1. The number of carbonyl (C=O) groups excluding carboxylic acids is 3. The van der Waals surface area contributed by atoms with Gasteiger partial charge < -0.3 is 19.5 Å². The van der Waals surface area contributed by atoms with Crippen molar-refractivity contribution in [3.05, 3.63) is 16.0 Å². The maximum absolute atomic E-state index is 11.8. The van der Waals surface area contributed by atoms with Crippen LogP contribution in [0.15, 0.2) is 0 Å². The Morgan fingerprint density at radius 3 is 2.20 bits per heavy atom. The topological polar surface area (TPSA) is 90.9 Å². The van der Waals surface area contributed by atoms with Gasteiger partial charge in [0.2, 0.25) is 0 Å². The van der Waals surface area contributed by atoms with Crippen LogP contribution in [0.5, 0.6) is 0 Å². The number of amides is 1. The molecule has 20 heavy (non-hydrogen) atoms. The second-order valence-electron chi connectivity index (χ2n) is 3.72. The summed E-state index contributed by atoms with van der Waals surface area (Å²) < 4.78 is 14.0. The quantitative estimate of drug-likeness (QED) is 0.822. The zero-order valence-electron chi connectivity index (χ0n) is 11.6. The number of hydrogen-bond donors (Lipinski definition) is 1. The number of methoxy groups -OCH3 is 3. The molecule has 1 aromatic heterocycles. The summed E-state index contributed by atoms with van der Waals surface area (Å²) in [6, 6.07) is 0. The van der Waals surface area contributed by atoms with Crippen molar-refractivity contribution in [3.63, 3.8) is 0 Å². The van der Waals surface area contributed by atoms with E-state index in [2.05, 4.69) is 14.8 Å². The summed E-state index contributed by atoms with van der Waals surface area (Å²) in [6.45, 7) is 1.42. The van der Waals surface area contributed by atoms with E-state index < -0.39 is 17.8 Å². The van der Waals surface area contributed by atoms with Gasteiger partial charge in [0.25, 0.3) is 5.91 Å². The number of thiophene rings is 1. The first-order valence-electron chi connectivity index (χ1n) is 5.55. The lowest BCUT2D eigenvalue weighted by Crippen LogP contribution is -2.18. The van der Waals surface area contributed by atoms with E-state index in [-0.39, 0.29) is 22.0 Å². The highest BCUT2D eigenvalue weighted by Gasteiger charge is 2.26. The molecule has 8 heteroatoms. The second kappa shape index (κ2) is 7.01. The Balaban J connectivity index is 3.23. The monoisotopic (exact) mass is 301 g/mol. The molecular formula is C12H15NO6S. The Kier molecular flexibility index (Phi) is 5.66. The molecule has 1 rings (SSSR count). The van der Waals surface area contributed by atoms with Gasteiger partial charge in [-0.15, -0.1) is 11.3 Å². The molecule has 0 aliphatic carbocycles. The van der Waals surface area contributed by atoms with E-state index in [1.165, 1.54) is 21.3 Å². The molecule has 0 spiro atoms. The minimum absolute atomic E-state index is 0.141. The number of anilines is 1. The van der Waals surface area contributed by atoms with Gasteiger partial charge in [0.15, 0.2) is 0 Å². The van der Waals surface area contributed by atoms with Gasteiger partial charge in [-0.25, -0.2) is 9.59 Å². The summed E-state index contributed by atoms with van der Waals surface area (Å²) in [6.07, 6.45) is 0. The SMILES string of the molecule is COCC(=O)Nc1sc(C(=O)OC)c(C)c1C(=O)OC. The van der Waals surface area contributed by atoms with Crippen LogP contribution in [0.4, 0.5) is 5.00 Å². The predicted molar refractivity (Wildman–Crippen MR) is 72.2 cm³/mol. The molecule has 0 radical (unpaired) electrons. The number of ether oxygens (including phenoxy) is 3. The van der Waals surface area contributed by atoms with Crippen molar-refractivity contribution in [1.82, 2.24) is 0 Å². The van der Waals surface area contributed by atoms with Gasteiger partial charge >= 0.3 is 11.9 Å². The van der Waals surface area contributed by atoms with Crippen molar-refractivity contribution in [1.29, 1.82) is 0 Å². The standard InChI is InChI=1S/C12H15NO6S/c1-6-8(11(15)18-3)10(13-7(14)5-17-2)20-9(6)12(16)19-4/h5H2,1-4H3,(H,13,14). The van der Waals surface area contributed by atoms with Crippen LogP contribution in [0.25, 0.3) is 0 Å². The average molecular weight is 301 g/mol. The predicted octanol–water partition coefficient (Wildman–Crippen LogP) is 1.21. The lowest BCUT2D eigenvalue weighted by Gasteiger charge is -2.05. The molecule has 1 N–H and O–H groups in total. The molecule has 1 aromatic rings. The van der Waals surface area contributed by atoms with Crippen LogP contribution in [-0.2, 0) is 19.0 Å². The summed E-state index contributed by atoms with van der Waals surface area (Å²) in [4.78, 5) is 35.2. The van der Waals surface area contributed by atoms with Crippen LogP contribution in [-0.4, -0.2) is 45.8 Å². The van der Waals surface area contributed by atoms with Crippen LogP contribution >= 0.6 is 11.3 Å². The van der Waals surface area contributed by atoms with Gasteiger partial charge in [0.1, 0.15) is 16.5 Å². The molecule has 7 nitrogen and oxygen atoms in total. The Labute approximate surface area is 119 Å². The summed E-state index contributed by atoms with van der Waals surface area (Å²) in [5, 5.41) is 2.75. The highest BCUT2D eigenvalue weighted by molar-refractivity contribution is 7.18. The minimum atomic E-state index is -0.637. The third kappa shape index (κ3) is 3.34. The van der Waals surface area contributed by atoms with E-state index in [1.54, 1.807) is 6.92 Å². The molecule has 1 amide bonds. The second-order valence-corrected chi connectivity index (χ2v) is 4.75. The van der Waals surface area contributed by atoms with Crippen molar-refractivity contribution in [2.45, 2.75) is 6.92 Å². The molecule has 0 atom stereocenters. The summed E-state index contributed by atoms with van der Waals surface area (Å²) in [5.74, 6) is -1.65. The van der Waals surface area contributed by atoms with Crippen LogP contribution in [0, 0.1) is 6.92 Å². The van der Waals surface area contributed by atoms with E-state index >= 15 is 0 Å². The fraction of sp³-hybridized carbons (Fsp3) is 0.417. The van der Waals surface area contributed by atoms with Gasteiger partial charge in [-0.2, -0.15) is 0 Å². The maximum Gasteiger partial charge on any atom is 0.348 e. The number of carbonyl (C=O) groups is 3. The molecule has 0 aliphatic heterocycles. The fourth-order valence-electron chi connectivity index (χ4n) is 1.53. The Hall–Kier alpha value is -1.93. The lowest BCUT2D eigenvalue weighted by molar-refractivity contribution is -0.119. The van der Waals surface area contributed by atoms with Gasteiger partial charge in [-0.05, 0) is 12.5 Å². The van der Waals surface area contributed by atoms with E-state index in [1.807, 2.05) is 0 Å². The van der Waals surface area contributed by atoms with Gasteiger partial charge in [0, 0.05) is 7.11 Å². The molecule has 0 saturated carbocycles. The van der Waals surface area contributed by atoms with Crippen molar-refractivity contribution in [2.75, 3.05) is 33.3 Å². The molecule has 0 aliphatic rings. The first-order valence-corrected chi connectivity index (χ1v) is 6.36. The zero-order chi connectivity index (χ0) is 15.3. The van der Waals surface area contributed by atoms with Crippen LogP contribution in [0.2, 0.25) is 0 Å². The van der Waals surface area contributed by atoms with Gasteiger partial charge in [-0.3, -0.25) is 4.79 Å². The van der Waals surface area contributed by atoms with Gasteiger partial charge in [-0.1, -0.05) is 0 Å². The molecule has 0 saturated heterocycles. The van der Waals surface area contributed by atoms with Crippen LogP contribution in [0.3, 0.4) is 0 Å². The first-order chi connectivity index (χ1) is 9.46. The molecular weight excluding hydrogens is 286 g/mol. The van der Waals surface area contributed by atoms with Crippen LogP contribution in [0.1, 0.15) is 25.6 Å². The van der Waals surface area contributed by atoms with E-state index in [9.17, 15) is 14.4 Å².